The number of nitro benzene ring substituents is 1. The van der Waals surface area contributed by atoms with E-state index in [0.29, 0.717) is 5.56 Å². The fourth-order valence-electron chi connectivity index (χ4n) is 0.933. The van der Waals surface area contributed by atoms with Crippen LogP contribution in [0.2, 0.25) is 0 Å². The fourth-order valence-corrected chi connectivity index (χ4v) is 0.933. The van der Waals surface area contributed by atoms with Gasteiger partial charge in [-0.1, -0.05) is 12.1 Å². The van der Waals surface area contributed by atoms with Crippen LogP contribution >= 0.6 is 0 Å². The molecule has 7 heteroatoms. The summed E-state index contributed by atoms with van der Waals surface area (Å²) in [7, 11) is 0. The highest BCUT2D eigenvalue weighted by Crippen LogP contribution is 2.24. The maximum Gasteiger partial charge on any atom is 0.262 e. The average molecular weight is 211 g/mol. The molecule has 0 aliphatic carbocycles. The van der Waals surface area contributed by atoms with E-state index in [2.05, 4.69) is 0 Å². The summed E-state index contributed by atoms with van der Waals surface area (Å²) in [6.07, 6.45) is 2.07. The Morgan fingerprint density at radius 3 is 2.60 bits per heavy atom. The van der Waals surface area contributed by atoms with Crippen molar-refractivity contribution in [1.29, 1.82) is 0 Å². The smallest absolute Gasteiger partial charge is 0.262 e. The van der Waals surface area contributed by atoms with Gasteiger partial charge in [-0.3, -0.25) is 20.5 Å². The average Bonchev–Trinajstić information content (AvgIpc) is 2.16. The molecule has 1 aromatic rings. The first-order chi connectivity index (χ1) is 7.00. The Morgan fingerprint density at radius 1 is 1.40 bits per heavy atom. The first kappa shape index (κ1) is 11.0. The van der Waals surface area contributed by atoms with E-state index in [1.54, 1.807) is 0 Å². The largest absolute Gasteiger partial charge is 0.868 e. The number of nitrogens with zero attached hydrogens (tertiary/aromatic N) is 2. The van der Waals surface area contributed by atoms with Crippen molar-refractivity contribution < 1.29 is 20.4 Å². The molecule has 0 radical (unpaired) electrons. The van der Waals surface area contributed by atoms with Crippen LogP contribution in [0.3, 0.4) is 0 Å². The molecule has 0 aromatic heterocycles. The Balaban J connectivity index is 3.03. The summed E-state index contributed by atoms with van der Waals surface area (Å²) in [5, 5.41) is 37.9. The summed E-state index contributed by atoms with van der Waals surface area (Å²) in [5.74, 6) is -0.693. The molecule has 0 saturated carbocycles. The maximum atomic E-state index is 11.0. The lowest BCUT2D eigenvalue weighted by Crippen LogP contribution is -2.02. The van der Waals surface area contributed by atoms with Gasteiger partial charge in [0.2, 0.25) is 0 Å². The minimum absolute atomic E-state index is 0.197. The van der Waals surface area contributed by atoms with Crippen LogP contribution < -0.4 is 5.11 Å². The second kappa shape index (κ2) is 4.40. The Bertz CT molecular complexity index is 402. The first-order valence-corrected chi connectivity index (χ1v) is 3.81. The predicted molar refractivity (Wildman–Crippen MR) is 47.0 cm³/mol. The fraction of sp³-hybridized carbons (Fsp3) is 0. The van der Waals surface area contributed by atoms with Crippen molar-refractivity contribution in [1.82, 2.24) is 5.23 Å². The number of hydrogen-bond acceptors (Lipinski definition) is 6. The molecule has 0 saturated heterocycles. The van der Waals surface area contributed by atoms with E-state index in [9.17, 15) is 15.2 Å². The number of hydroxylamine groups is 2. The molecule has 0 aliphatic rings. The molecule has 0 bridgehead atoms. The van der Waals surface area contributed by atoms with Crippen LogP contribution in [0, 0.1) is 10.1 Å². The molecular weight excluding hydrogens is 204 g/mol. The van der Waals surface area contributed by atoms with Crippen molar-refractivity contribution in [3.63, 3.8) is 0 Å². The van der Waals surface area contributed by atoms with E-state index in [0.717, 1.165) is 18.3 Å². The van der Waals surface area contributed by atoms with Crippen molar-refractivity contribution in [3.8, 4) is 5.75 Å². The molecule has 1 rings (SSSR count). The number of hydrogen-bond donors (Lipinski definition) is 2. The zero-order valence-corrected chi connectivity index (χ0v) is 7.40. The topological polar surface area (TPSA) is 110 Å². The van der Waals surface area contributed by atoms with Crippen molar-refractivity contribution in [2.45, 2.75) is 0 Å². The van der Waals surface area contributed by atoms with E-state index in [1.165, 1.54) is 12.1 Å². The Kier molecular flexibility index (Phi) is 3.21. The Labute approximate surface area is 84.2 Å². The van der Waals surface area contributed by atoms with Gasteiger partial charge in [0.25, 0.3) is 5.69 Å². The zero-order chi connectivity index (χ0) is 11.4. The van der Waals surface area contributed by atoms with Crippen LogP contribution in [-0.2, 0) is 0 Å². The second-order valence-electron chi connectivity index (χ2n) is 2.62. The molecule has 80 valence electrons. The van der Waals surface area contributed by atoms with Crippen LogP contribution in [0.5, 0.6) is 5.75 Å². The molecule has 0 atom stereocenters. The van der Waals surface area contributed by atoms with Crippen LogP contribution in [0.1, 0.15) is 5.56 Å². The van der Waals surface area contributed by atoms with E-state index >= 15 is 0 Å². The number of rotatable bonds is 3. The van der Waals surface area contributed by atoms with Gasteiger partial charge in [-0.05, 0) is 17.4 Å². The van der Waals surface area contributed by atoms with Gasteiger partial charge in [0, 0.05) is 6.07 Å². The van der Waals surface area contributed by atoms with Crippen LogP contribution in [0.4, 0.5) is 5.69 Å². The quantitative estimate of drug-likeness (QED) is 0.563. The molecule has 0 spiro atoms. The van der Waals surface area contributed by atoms with E-state index in [-0.39, 0.29) is 5.23 Å². The molecule has 0 unspecified atom stereocenters. The van der Waals surface area contributed by atoms with E-state index in [4.69, 9.17) is 10.4 Å². The Hall–Kier alpha value is -2.12. The standard InChI is InChI=1S/C8H8N2O5/c11-8-2-1-6(3-4-9(12)13)5-7(8)10(14)15/h1-5,11-13H/p-1. The lowest BCUT2D eigenvalue weighted by molar-refractivity contribution is -0.398. The van der Waals surface area contributed by atoms with E-state index in [1.807, 2.05) is 0 Å². The summed E-state index contributed by atoms with van der Waals surface area (Å²) < 4.78 is 0. The summed E-state index contributed by atoms with van der Waals surface area (Å²) in [5.41, 5.74) is -0.242. The minimum atomic E-state index is -0.796. The third kappa shape index (κ3) is 2.93. The lowest BCUT2D eigenvalue weighted by Gasteiger charge is -2.06. The predicted octanol–water partition coefficient (Wildman–Crippen LogP) is 0.719. The lowest BCUT2D eigenvalue weighted by atomic mass is 10.2. The van der Waals surface area contributed by atoms with Gasteiger partial charge >= 0.3 is 0 Å². The highest BCUT2D eigenvalue weighted by Gasteiger charge is 2.06. The monoisotopic (exact) mass is 211 g/mol. The highest BCUT2D eigenvalue weighted by atomic mass is 16.8. The molecule has 0 heterocycles. The molecular formula is C8H7N2O5-. The summed E-state index contributed by atoms with van der Waals surface area (Å²) in [6.45, 7) is 0. The molecule has 2 N–H and O–H groups in total. The normalized spacial score (nSPS) is 10.5. The molecule has 0 aliphatic heterocycles. The van der Waals surface area contributed by atoms with Gasteiger partial charge in [-0.15, -0.1) is 5.23 Å². The highest BCUT2D eigenvalue weighted by molar-refractivity contribution is 5.57. The van der Waals surface area contributed by atoms with E-state index < -0.39 is 16.4 Å². The first-order valence-electron chi connectivity index (χ1n) is 3.81. The Morgan fingerprint density at radius 2 is 2.07 bits per heavy atom. The minimum Gasteiger partial charge on any atom is -0.868 e. The third-order valence-corrected chi connectivity index (χ3v) is 1.58. The van der Waals surface area contributed by atoms with Gasteiger partial charge in [0.1, 0.15) is 0 Å². The molecule has 1 aromatic carbocycles. The van der Waals surface area contributed by atoms with Gasteiger partial charge in [-0.2, -0.15) is 0 Å². The summed E-state index contributed by atoms with van der Waals surface area (Å²) in [4.78, 5) is 9.59. The van der Waals surface area contributed by atoms with Gasteiger partial charge in [0.15, 0.2) is 0 Å². The van der Waals surface area contributed by atoms with Crippen molar-refractivity contribution in [3.05, 3.63) is 40.1 Å². The SMILES string of the molecule is O=[N+]([O-])c1cc(C=CN(O)O)ccc1[O-]. The van der Waals surface area contributed by atoms with Crippen molar-refractivity contribution in [2.75, 3.05) is 0 Å². The zero-order valence-electron chi connectivity index (χ0n) is 7.40. The third-order valence-electron chi connectivity index (χ3n) is 1.58. The molecule has 0 fully saturated rings. The molecule has 0 amide bonds. The number of nitro groups is 1. The van der Waals surface area contributed by atoms with Gasteiger partial charge in [-0.25, -0.2) is 0 Å². The summed E-state index contributed by atoms with van der Waals surface area (Å²) in [6, 6.07) is 3.41. The van der Waals surface area contributed by atoms with Crippen LogP contribution in [-0.4, -0.2) is 20.6 Å². The van der Waals surface area contributed by atoms with Gasteiger partial charge in [0.05, 0.1) is 11.1 Å². The van der Waals surface area contributed by atoms with Crippen molar-refractivity contribution in [2.24, 2.45) is 0 Å². The van der Waals surface area contributed by atoms with Crippen molar-refractivity contribution >= 4 is 11.8 Å². The second-order valence-corrected chi connectivity index (χ2v) is 2.62. The van der Waals surface area contributed by atoms with Crippen LogP contribution in [0.15, 0.2) is 24.4 Å². The summed E-state index contributed by atoms with van der Waals surface area (Å²) >= 11 is 0. The maximum absolute atomic E-state index is 11.0. The molecule has 7 nitrogen and oxygen atoms in total. The van der Waals surface area contributed by atoms with Crippen LogP contribution in [0.25, 0.3) is 6.08 Å². The number of benzene rings is 1. The molecule has 15 heavy (non-hydrogen) atoms. The van der Waals surface area contributed by atoms with Gasteiger partial charge < -0.3 is 5.11 Å².